The maximum absolute atomic E-state index is 7.66. The number of nitrogens with zero attached hydrogens (tertiary/aromatic N) is 2. The Hall–Kier alpha value is -1.27. The number of rotatable bonds is 3. The molecule has 5 N–H and O–H groups in total. The first-order chi connectivity index (χ1) is 7.13. The Morgan fingerprint density at radius 2 is 2.25 bits per heavy atom. The number of guanidine groups is 2. The van der Waals surface area contributed by atoms with Crippen molar-refractivity contribution in [2.45, 2.75) is 13.5 Å². The molecule has 0 aliphatic rings. The molecule has 0 spiro atoms. The summed E-state index contributed by atoms with van der Waals surface area (Å²) in [4.78, 5) is 6.70. The van der Waals surface area contributed by atoms with Gasteiger partial charge in [-0.25, -0.2) is 0 Å². The van der Waals surface area contributed by atoms with E-state index in [9.17, 15) is 0 Å². The van der Waals surface area contributed by atoms with Gasteiger partial charge in [-0.3, -0.25) is 5.41 Å². The molecule has 0 fully saturated rings. The van der Waals surface area contributed by atoms with Crippen molar-refractivity contribution in [3.8, 4) is 0 Å². The van der Waals surface area contributed by atoms with Gasteiger partial charge in [-0.1, -0.05) is 6.07 Å². The summed E-state index contributed by atoms with van der Waals surface area (Å²) in [5.41, 5.74) is 10.4. The summed E-state index contributed by atoms with van der Waals surface area (Å²) in [6, 6.07) is 4.01. The minimum Gasteiger partial charge on any atom is -0.370 e. The van der Waals surface area contributed by atoms with Crippen molar-refractivity contribution in [3.63, 3.8) is 0 Å². The summed E-state index contributed by atoms with van der Waals surface area (Å²) in [5.74, 6) is 0.0236. The van der Waals surface area contributed by atoms with Crippen LogP contribution < -0.4 is 11.5 Å². The first-order valence-corrected chi connectivity index (χ1v) is 5.47. The summed E-state index contributed by atoms with van der Waals surface area (Å²) in [6.07, 6.45) is 0. The maximum atomic E-state index is 7.66. The van der Waals surface area contributed by atoms with Crippen LogP contribution in [0.15, 0.2) is 22.5 Å². The molecule has 16 heavy (non-hydrogen) atoms. The number of nitrogens with one attached hydrogen (secondary N) is 1. The van der Waals surface area contributed by atoms with Gasteiger partial charge in [0.1, 0.15) is 0 Å². The van der Waals surface area contributed by atoms with Crippen LogP contribution in [0, 0.1) is 5.41 Å². The number of nitrogens with two attached hydrogens (primary N) is 2. The highest BCUT2D eigenvalue weighted by Crippen LogP contribution is 2.11. The van der Waals surface area contributed by atoms with Crippen LogP contribution in [0.3, 0.4) is 0 Å². The summed E-state index contributed by atoms with van der Waals surface area (Å²) in [7, 11) is 0. The first-order valence-electron chi connectivity index (χ1n) is 4.59. The maximum Gasteiger partial charge on any atom is 0.221 e. The SMILES string of the molecule is CCN(Cc1cccs1)C(=N)N=C(N)N.Cl. The Balaban J connectivity index is 0.00000225. The second-order valence-electron chi connectivity index (χ2n) is 2.95. The minimum atomic E-state index is -0.0790. The van der Waals surface area contributed by atoms with E-state index in [0.717, 1.165) is 0 Å². The van der Waals surface area contributed by atoms with Crippen molar-refractivity contribution in [3.05, 3.63) is 22.4 Å². The van der Waals surface area contributed by atoms with Gasteiger partial charge < -0.3 is 16.4 Å². The quantitative estimate of drug-likeness (QED) is 0.564. The van der Waals surface area contributed by atoms with E-state index < -0.39 is 0 Å². The molecule has 1 aromatic heterocycles. The monoisotopic (exact) mass is 261 g/mol. The fraction of sp³-hybridized carbons (Fsp3) is 0.333. The first kappa shape index (κ1) is 14.7. The van der Waals surface area contributed by atoms with Gasteiger partial charge in [-0.15, -0.1) is 23.7 Å². The molecular weight excluding hydrogens is 246 g/mol. The van der Waals surface area contributed by atoms with Crippen LogP contribution in [-0.4, -0.2) is 23.4 Å². The van der Waals surface area contributed by atoms with E-state index in [1.165, 1.54) is 4.88 Å². The average Bonchev–Trinajstić information content (AvgIpc) is 2.65. The molecule has 0 aliphatic carbocycles. The average molecular weight is 262 g/mol. The molecule has 0 unspecified atom stereocenters. The number of hydrogen-bond donors (Lipinski definition) is 3. The van der Waals surface area contributed by atoms with Crippen molar-refractivity contribution in [2.24, 2.45) is 16.5 Å². The van der Waals surface area contributed by atoms with Gasteiger partial charge in [0.15, 0.2) is 5.96 Å². The number of halogens is 1. The molecule has 0 radical (unpaired) electrons. The predicted molar refractivity (Wildman–Crippen MR) is 71.2 cm³/mol. The Kier molecular flexibility index (Phi) is 6.52. The van der Waals surface area contributed by atoms with Gasteiger partial charge in [0.2, 0.25) is 5.96 Å². The third-order valence-corrected chi connectivity index (χ3v) is 2.70. The van der Waals surface area contributed by atoms with Crippen LogP contribution in [0.2, 0.25) is 0 Å². The highest BCUT2D eigenvalue weighted by Gasteiger charge is 2.08. The van der Waals surface area contributed by atoms with E-state index in [1.54, 1.807) is 16.2 Å². The molecule has 90 valence electrons. The Morgan fingerprint density at radius 1 is 1.56 bits per heavy atom. The largest absolute Gasteiger partial charge is 0.370 e. The van der Waals surface area contributed by atoms with Gasteiger partial charge in [0.05, 0.1) is 6.54 Å². The van der Waals surface area contributed by atoms with Crippen LogP contribution in [0.1, 0.15) is 11.8 Å². The van der Waals surface area contributed by atoms with Gasteiger partial charge in [0, 0.05) is 11.4 Å². The summed E-state index contributed by atoms with van der Waals surface area (Å²) >= 11 is 1.65. The molecule has 0 amide bonds. The normalized spacial score (nSPS) is 9.06. The molecule has 5 nitrogen and oxygen atoms in total. The zero-order valence-corrected chi connectivity index (χ0v) is 10.6. The van der Waals surface area contributed by atoms with E-state index in [0.29, 0.717) is 13.1 Å². The molecule has 0 saturated heterocycles. The Morgan fingerprint density at radius 3 is 2.69 bits per heavy atom. The molecule has 1 aromatic rings. The molecule has 0 atom stereocenters. The lowest BCUT2D eigenvalue weighted by Crippen LogP contribution is -2.32. The lowest BCUT2D eigenvalue weighted by molar-refractivity contribution is 0.432. The standard InChI is InChI=1S/C9H15N5S.ClH/c1-2-14(9(12)13-8(10)11)6-7-4-3-5-15-7;/h3-5H,2,6H2,1H3,(H5,10,11,12,13);1H. The molecule has 0 bridgehead atoms. The van der Waals surface area contributed by atoms with E-state index >= 15 is 0 Å². The van der Waals surface area contributed by atoms with Gasteiger partial charge in [-0.2, -0.15) is 4.99 Å². The van der Waals surface area contributed by atoms with E-state index in [-0.39, 0.29) is 24.3 Å². The van der Waals surface area contributed by atoms with Crippen LogP contribution in [-0.2, 0) is 6.54 Å². The second kappa shape index (κ2) is 7.08. The molecule has 1 heterocycles. The number of aliphatic imine (C=N–C) groups is 1. The zero-order chi connectivity index (χ0) is 11.3. The lowest BCUT2D eigenvalue weighted by Gasteiger charge is -2.19. The number of thiophene rings is 1. The van der Waals surface area contributed by atoms with E-state index in [1.807, 2.05) is 24.4 Å². The van der Waals surface area contributed by atoms with Crippen molar-refractivity contribution in [2.75, 3.05) is 6.54 Å². The van der Waals surface area contributed by atoms with Gasteiger partial charge in [0.25, 0.3) is 0 Å². The fourth-order valence-corrected chi connectivity index (χ4v) is 1.84. The third kappa shape index (κ3) is 4.50. The molecule has 0 saturated carbocycles. The van der Waals surface area contributed by atoms with Crippen LogP contribution >= 0.6 is 23.7 Å². The van der Waals surface area contributed by atoms with E-state index in [2.05, 4.69) is 4.99 Å². The Labute approximate surface area is 105 Å². The summed E-state index contributed by atoms with van der Waals surface area (Å²) < 4.78 is 0. The molecule has 7 heteroatoms. The highest BCUT2D eigenvalue weighted by atomic mass is 35.5. The van der Waals surface area contributed by atoms with E-state index in [4.69, 9.17) is 16.9 Å². The van der Waals surface area contributed by atoms with Crippen LogP contribution in [0.5, 0.6) is 0 Å². The van der Waals surface area contributed by atoms with Gasteiger partial charge >= 0.3 is 0 Å². The van der Waals surface area contributed by atoms with Gasteiger partial charge in [-0.05, 0) is 18.4 Å². The third-order valence-electron chi connectivity index (χ3n) is 1.84. The lowest BCUT2D eigenvalue weighted by atomic mass is 10.4. The van der Waals surface area contributed by atoms with Crippen LogP contribution in [0.25, 0.3) is 0 Å². The topological polar surface area (TPSA) is 91.5 Å². The highest BCUT2D eigenvalue weighted by molar-refractivity contribution is 7.09. The van der Waals surface area contributed by atoms with Crippen molar-refractivity contribution < 1.29 is 0 Å². The Bertz CT molecular complexity index is 345. The molecule has 0 aromatic carbocycles. The summed E-state index contributed by atoms with van der Waals surface area (Å²) in [5, 5.41) is 9.67. The minimum absolute atomic E-state index is 0. The van der Waals surface area contributed by atoms with Crippen LogP contribution in [0.4, 0.5) is 0 Å². The van der Waals surface area contributed by atoms with Crippen molar-refractivity contribution in [1.29, 1.82) is 5.41 Å². The fourth-order valence-electron chi connectivity index (χ4n) is 1.12. The zero-order valence-electron chi connectivity index (χ0n) is 9.01. The smallest absolute Gasteiger partial charge is 0.221 e. The number of hydrogen-bond acceptors (Lipinski definition) is 2. The predicted octanol–water partition coefficient (Wildman–Crippen LogP) is 1.20. The summed E-state index contributed by atoms with van der Waals surface area (Å²) in [6.45, 7) is 3.33. The molecular formula is C9H16ClN5S. The molecule has 0 aliphatic heterocycles. The van der Waals surface area contributed by atoms with Crippen molar-refractivity contribution >= 4 is 35.7 Å². The molecule has 1 rings (SSSR count). The van der Waals surface area contributed by atoms with Crippen molar-refractivity contribution in [1.82, 2.24) is 4.90 Å². The second-order valence-corrected chi connectivity index (χ2v) is 3.99.